The van der Waals surface area contributed by atoms with Crippen molar-refractivity contribution in [2.75, 3.05) is 20.2 Å². The van der Waals surface area contributed by atoms with Gasteiger partial charge in [0.25, 0.3) is 5.91 Å². The molecule has 1 aromatic carbocycles. The van der Waals surface area contributed by atoms with Gasteiger partial charge in [-0.15, -0.1) is 0 Å². The van der Waals surface area contributed by atoms with Gasteiger partial charge in [0.1, 0.15) is 0 Å². The second kappa shape index (κ2) is 4.85. The van der Waals surface area contributed by atoms with Crippen LogP contribution in [-0.4, -0.2) is 41.9 Å². The summed E-state index contributed by atoms with van der Waals surface area (Å²) in [7, 11) is 1.68. The van der Waals surface area contributed by atoms with Gasteiger partial charge in [-0.1, -0.05) is 30.3 Å². The lowest BCUT2D eigenvalue weighted by Crippen LogP contribution is -2.55. The van der Waals surface area contributed by atoms with Crippen LogP contribution in [0.2, 0.25) is 0 Å². The van der Waals surface area contributed by atoms with Gasteiger partial charge < -0.3 is 14.7 Å². The number of nitrogens with zero attached hydrogens (tertiary/aromatic N) is 1. The minimum atomic E-state index is -1.65. The maximum absolute atomic E-state index is 11.8. The fraction of sp³-hybridized carbons (Fsp3) is 0.462. The zero-order valence-electron chi connectivity index (χ0n) is 9.93. The first-order chi connectivity index (χ1) is 8.12. The van der Waals surface area contributed by atoms with Crippen LogP contribution in [0.4, 0.5) is 0 Å². The van der Waals surface area contributed by atoms with Crippen LogP contribution in [0.25, 0.3) is 0 Å². The van der Waals surface area contributed by atoms with Gasteiger partial charge in [-0.2, -0.15) is 0 Å². The second-order valence-electron chi connectivity index (χ2n) is 4.35. The van der Waals surface area contributed by atoms with Crippen LogP contribution >= 0.6 is 0 Å². The zero-order chi connectivity index (χ0) is 12.3. The molecule has 1 atom stereocenters. The Hall–Kier alpha value is -1.39. The molecule has 4 nitrogen and oxygen atoms in total. The second-order valence-corrected chi connectivity index (χ2v) is 4.35. The summed E-state index contributed by atoms with van der Waals surface area (Å²) in [5.74, 6) is -2.00. The highest BCUT2D eigenvalue weighted by Gasteiger charge is 2.41. The monoisotopic (exact) mass is 235 g/mol. The van der Waals surface area contributed by atoms with Crippen LogP contribution in [0.15, 0.2) is 30.3 Å². The molecule has 92 valence electrons. The Bertz CT molecular complexity index is 393. The van der Waals surface area contributed by atoms with Crippen molar-refractivity contribution >= 4 is 5.91 Å². The van der Waals surface area contributed by atoms with E-state index in [1.165, 1.54) is 4.90 Å². The molecule has 1 heterocycles. The fourth-order valence-corrected chi connectivity index (χ4v) is 1.95. The Morgan fingerprint density at radius 2 is 2.12 bits per heavy atom. The number of amides is 1. The summed E-state index contributed by atoms with van der Waals surface area (Å²) in [5.41, 5.74) is 1.09. The van der Waals surface area contributed by atoms with E-state index in [4.69, 9.17) is 4.74 Å². The molecule has 1 aromatic rings. The Morgan fingerprint density at radius 3 is 2.82 bits per heavy atom. The number of aliphatic hydroxyl groups is 1. The Kier molecular flexibility index (Phi) is 3.45. The Morgan fingerprint density at radius 1 is 1.41 bits per heavy atom. The number of likely N-dealkylation sites (N-methyl/N-ethyl adjacent to an activating group) is 1. The summed E-state index contributed by atoms with van der Waals surface area (Å²) >= 11 is 0. The third-order valence-electron chi connectivity index (χ3n) is 3.04. The molecule has 1 saturated heterocycles. The third-order valence-corrected chi connectivity index (χ3v) is 3.04. The van der Waals surface area contributed by atoms with E-state index in [0.717, 1.165) is 5.56 Å². The van der Waals surface area contributed by atoms with Gasteiger partial charge in [0, 0.05) is 20.0 Å². The fourth-order valence-electron chi connectivity index (χ4n) is 1.95. The van der Waals surface area contributed by atoms with E-state index in [2.05, 4.69) is 0 Å². The molecule has 0 radical (unpaired) electrons. The largest absolute Gasteiger partial charge is 0.358 e. The summed E-state index contributed by atoms with van der Waals surface area (Å²) in [6, 6.07) is 9.76. The van der Waals surface area contributed by atoms with Crippen LogP contribution < -0.4 is 0 Å². The molecule has 1 unspecified atom stereocenters. The summed E-state index contributed by atoms with van der Waals surface area (Å²) < 4.78 is 5.23. The minimum Gasteiger partial charge on any atom is -0.358 e. The standard InChI is InChI=1S/C13H17NO3/c1-14-9-10-17-13(16,12(14)15)8-7-11-5-3-2-4-6-11/h2-6,16H,7-10H2,1H3. The van der Waals surface area contributed by atoms with Crippen molar-refractivity contribution in [3.63, 3.8) is 0 Å². The smallest absolute Gasteiger partial charge is 0.282 e. The molecule has 17 heavy (non-hydrogen) atoms. The van der Waals surface area contributed by atoms with E-state index in [9.17, 15) is 9.90 Å². The molecule has 1 aliphatic heterocycles. The maximum Gasteiger partial charge on any atom is 0.282 e. The normalized spacial score (nSPS) is 25.1. The van der Waals surface area contributed by atoms with E-state index in [-0.39, 0.29) is 5.91 Å². The number of hydrogen-bond acceptors (Lipinski definition) is 3. The van der Waals surface area contributed by atoms with Crippen molar-refractivity contribution in [1.82, 2.24) is 4.90 Å². The lowest BCUT2D eigenvalue weighted by atomic mass is 10.0. The molecule has 0 bridgehead atoms. The van der Waals surface area contributed by atoms with Crippen LogP contribution in [0.3, 0.4) is 0 Å². The number of hydrogen-bond donors (Lipinski definition) is 1. The molecule has 4 heteroatoms. The molecule has 0 saturated carbocycles. The van der Waals surface area contributed by atoms with E-state index < -0.39 is 5.79 Å². The SMILES string of the molecule is CN1CCOC(O)(CCc2ccccc2)C1=O. The van der Waals surface area contributed by atoms with Gasteiger partial charge in [0.2, 0.25) is 5.79 Å². The van der Waals surface area contributed by atoms with Crippen LogP contribution in [-0.2, 0) is 16.0 Å². The summed E-state index contributed by atoms with van der Waals surface area (Å²) in [6.45, 7) is 0.917. The zero-order valence-corrected chi connectivity index (χ0v) is 9.93. The summed E-state index contributed by atoms with van der Waals surface area (Å²) in [4.78, 5) is 13.3. The van der Waals surface area contributed by atoms with Crippen LogP contribution in [0.5, 0.6) is 0 Å². The molecule has 0 aromatic heterocycles. The predicted octanol–water partition coefficient (Wildman–Crippen LogP) is 0.796. The quantitative estimate of drug-likeness (QED) is 0.843. The lowest BCUT2D eigenvalue weighted by Gasteiger charge is -2.36. The molecule has 2 rings (SSSR count). The first-order valence-corrected chi connectivity index (χ1v) is 5.78. The summed E-state index contributed by atoms with van der Waals surface area (Å²) in [5, 5.41) is 10.2. The van der Waals surface area contributed by atoms with Gasteiger partial charge in [0.05, 0.1) is 6.61 Å². The number of carbonyl (C=O) groups is 1. The van der Waals surface area contributed by atoms with Gasteiger partial charge >= 0.3 is 0 Å². The van der Waals surface area contributed by atoms with Gasteiger partial charge in [-0.25, -0.2) is 0 Å². The Balaban J connectivity index is 2.00. The van der Waals surface area contributed by atoms with Crippen molar-refractivity contribution in [2.24, 2.45) is 0 Å². The van der Waals surface area contributed by atoms with E-state index in [1.54, 1.807) is 7.05 Å². The highest BCUT2D eigenvalue weighted by Crippen LogP contribution is 2.21. The molecular weight excluding hydrogens is 218 g/mol. The van der Waals surface area contributed by atoms with E-state index >= 15 is 0 Å². The third kappa shape index (κ3) is 2.65. The average Bonchev–Trinajstić information content (AvgIpc) is 2.35. The molecule has 0 spiro atoms. The molecule has 1 N–H and O–H groups in total. The number of ether oxygens (including phenoxy) is 1. The first kappa shape index (κ1) is 12.1. The van der Waals surface area contributed by atoms with Gasteiger partial charge in [0.15, 0.2) is 0 Å². The number of benzene rings is 1. The molecular formula is C13H17NO3. The van der Waals surface area contributed by atoms with Gasteiger partial charge in [-0.3, -0.25) is 4.79 Å². The molecule has 1 amide bonds. The van der Waals surface area contributed by atoms with E-state index in [1.807, 2.05) is 30.3 Å². The predicted molar refractivity (Wildman–Crippen MR) is 63.3 cm³/mol. The molecule has 1 aliphatic rings. The van der Waals surface area contributed by atoms with Crippen LogP contribution in [0, 0.1) is 0 Å². The number of morpholine rings is 1. The molecule has 0 aliphatic carbocycles. The van der Waals surface area contributed by atoms with E-state index in [0.29, 0.717) is 26.0 Å². The average molecular weight is 235 g/mol. The van der Waals surface area contributed by atoms with Gasteiger partial charge in [-0.05, 0) is 12.0 Å². The maximum atomic E-state index is 11.8. The van der Waals surface area contributed by atoms with Crippen molar-refractivity contribution in [3.05, 3.63) is 35.9 Å². The van der Waals surface area contributed by atoms with Crippen molar-refractivity contribution in [2.45, 2.75) is 18.6 Å². The topological polar surface area (TPSA) is 49.8 Å². The lowest BCUT2D eigenvalue weighted by molar-refractivity contribution is -0.233. The van der Waals surface area contributed by atoms with Crippen molar-refractivity contribution in [1.29, 1.82) is 0 Å². The number of carbonyl (C=O) groups excluding carboxylic acids is 1. The summed E-state index contributed by atoms with van der Waals surface area (Å²) in [6.07, 6.45) is 0.914. The molecule has 1 fully saturated rings. The Labute approximate surface area is 101 Å². The van der Waals surface area contributed by atoms with Crippen LogP contribution in [0.1, 0.15) is 12.0 Å². The first-order valence-electron chi connectivity index (χ1n) is 5.78. The number of rotatable bonds is 3. The minimum absolute atomic E-state index is 0.292. The van der Waals surface area contributed by atoms with Crippen molar-refractivity contribution in [3.8, 4) is 0 Å². The number of aryl methyl sites for hydroxylation is 1. The highest BCUT2D eigenvalue weighted by atomic mass is 16.6. The highest BCUT2D eigenvalue weighted by molar-refractivity contribution is 5.83. The van der Waals surface area contributed by atoms with Crippen molar-refractivity contribution < 1.29 is 14.6 Å².